The minimum atomic E-state index is 0.557. The zero-order valence-corrected chi connectivity index (χ0v) is 25.7. The van der Waals surface area contributed by atoms with Gasteiger partial charge in [0, 0.05) is 38.9 Å². The molecule has 6 heteroatoms. The predicted octanol–water partition coefficient (Wildman–Crippen LogP) is 9.95. The second kappa shape index (κ2) is 10.4. The van der Waals surface area contributed by atoms with Crippen molar-refractivity contribution in [3.05, 3.63) is 158 Å². The lowest BCUT2D eigenvalue weighted by Crippen LogP contribution is -2.10. The normalized spacial score (nSPS) is 11.8. The molecule has 0 bridgehead atoms. The predicted molar refractivity (Wildman–Crippen MR) is 195 cm³/mol. The largest absolute Gasteiger partial charge is 0.278 e. The fourth-order valence-electron chi connectivity index (χ4n) is 7.13. The topological polar surface area (TPSA) is 61.4 Å². The summed E-state index contributed by atoms with van der Waals surface area (Å²) in [6.07, 6.45) is 1.83. The standard InChI is InChI=1S/C42H26N6/c1-2-14-29-27(13-1)25-28(35-19-11-12-24-43-35)26-34(29)40-44-41(47-36-20-7-3-15-30(36)31-16-4-8-21-37(31)47)46-42(45-40)48-38-22-9-5-17-32(38)33-18-6-10-23-39(33)48/h1-26H. The summed E-state index contributed by atoms with van der Waals surface area (Å²) in [5, 5.41) is 6.75. The third-order valence-corrected chi connectivity index (χ3v) is 9.24. The summed E-state index contributed by atoms with van der Waals surface area (Å²) in [7, 11) is 0. The SMILES string of the molecule is c1ccc(-c2cc(-c3nc(-n4c5ccccc5c5ccccc54)nc(-n4c5ccccc5c5ccccc54)n3)c3ccccc3c2)nc1. The number of aromatic nitrogens is 6. The molecule has 0 spiro atoms. The molecule has 0 atom stereocenters. The Kier molecular flexibility index (Phi) is 5.77. The van der Waals surface area contributed by atoms with Gasteiger partial charge in [0.2, 0.25) is 11.9 Å². The van der Waals surface area contributed by atoms with Crippen LogP contribution in [0.4, 0.5) is 0 Å². The van der Waals surface area contributed by atoms with E-state index in [1.807, 2.05) is 24.4 Å². The molecule has 0 aliphatic heterocycles. The number of pyridine rings is 1. The van der Waals surface area contributed by atoms with Gasteiger partial charge in [0.1, 0.15) is 0 Å². The lowest BCUT2D eigenvalue weighted by Gasteiger charge is -2.14. The third kappa shape index (κ3) is 3.99. The number of fused-ring (bicyclic) bond motifs is 7. The molecule has 0 saturated heterocycles. The first-order valence-corrected chi connectivity index (χ1v) is 16.0. The second-order valence-corrected chi connectivity index (χ2v) is 12.0. The molecule has 0 unspecified atom stereocenters. The van der Waals surface area contributed by atoms with Gasteiger partial charge >= 0.3 is 0 Å². The molecule has 0 aliphatic carbocycles. The van der Waals surface area contributed by atoms with E-state index in [1.54, 1.807) is 0 Å². The monoisotopic (exact) mass is 614 g/mol. The molecule has 10 rings (SSSR count). The van der Waals surface area contributed by atoms with Crippen LogP contribution in [0.5, 0.6) is 0 Å². The first-order valence-electron chi connectivity index (χ1n) is 16.0. The van der Waals surface area contributed by atoms with Crippen LogP contribution in [0.25, 0.3) is 88.9 Å². The highest BCUT2D eigenvalue weighted by Crippen LogP contribution is 2.36. The Morgan fingerprint density at radius 2 is 0.854 bits per heavy atom. The highest BCUT2D eigenvalue weighted by Gasteiger charge is 2.21. The quantitative estimate of drug-likeness (QED) is 0.198. The average molecular weight is 615 g/mol. The van der Waals surface area contributed by atoms with Crippen LogP contribution in [0.1, 0.15) is 0 Å². The Morgan fingerprint density at radius 3 is 1.35 bits per heavy atom. The van der Waals surface area contributed by atoms with E-state index in [0.29, 0.717) is 17.7 Å². The third-order valence-electron chi connectivity index (χ3n) is 9.24. The van der Waals surface area contributed by atoms with Gasteiger partial charge in [-0.1, -0.05) is 103 Å². The molecule has 4 heterocycles. The molecule has 0 amide bonds. The molecule has 0 aliphatic rings. The molecule has 10 aromatic rings. The molecule has 4 aromatic heterocycles. The summed E-state index contributed by atoms with van der Waals surface area (Å²) in [5.74, 6) is 1.70. The Labute approximate surface area is 275 Å². The van der Waals surface area contributed by atoms with Crippen LogP contribution in [-0.2, 0) is 0 Å². The number of nitrogens with zero attached hydrogens (tertiary/aromatic N) is 6. The lowest BCUT2D eigenvalue weighted by atomic mass is 9.98. The minimum absolute atomic E-state index is 0.557. The molecular formula is C42H26N6. The van der Waals surface area contributed by atoms with Crippen molar-refractivity contribution in [1.29, 1.82) is 0 Å². The van der Waals surface area contributed by atoms with Gasteiger partial charge in [-0.25, -0.2) is 0 Å². The molecule has 0 fully saturated rings. The van der Waals surface area contributed by atoms with Crippen LogP contribution in [-0.4, -0.2) is 29.1 Å². The molecule has 224 valence electrons. The van der Waals surface area contributed by atoms with E-state index in [9.17, 15) is 0 Å². The summed E-state index contributed by atoms with van der Waals surface area (Å²) in [6.45, 7) is 0. The van der Waals surface area contributed by atoms with Crippen LogP contribution in [0, 0.1) is 0 Å². The minimum Gasteiger partial charge on any atom is -0.278 e. The summed E-state index contributed by atoms with van der Waals surface area (Å²) in [4.78, 5) is 20.6. The van der Waals surface area contributed by atoms with Gasteiger partial charge in [-0.05, 0) is 59.3 Å². The molecule has 0 N–H and O–H groups in total. The van der Waals surface area contributed by atoms with Crippen molar-refractivity contribution in [2.75, 3.05) is 0 Å². The van der Waals surface area contributed by atoms with E-state index >= 15 is 0 Å². The Balaban J connectivity index is 1.35. The lowest BCUT2D eigenvalue weighted by molar-refractivity contribution is 0.893. The number of hydrogen-bond acceptors (Lipinski definition) is 4. The van der Waals surface area contributed by atoms with Crippen molar-refractivity contribution >= 4 is 54.4 Å². The Hall–Kier alpha value is -6.66. The first-order chi connectivity index (χ1) is 23.8. The second-order valence-electron chi connectivity index (χ2n) is 12.0. The van der Waals surface area contributed by atoms with Crippen LogP contribution in [0.2, 0.25) is 0 Å². The molecule has 6 nitrogen and oxygen atoms in total. The number of para-hydroxylation sites is 4. The van der Waals surface area contributed by atoms with Gasteiger partial charge < -0.3 is 0 Å². The van der Waals surface area contributed by atoms with Crippen molar-refractivity contribution in [2.45, 2.75) is 0 Å². The van der Waals surface area contributed by atoms with Crippen molar-refractivity contribution in [3.8, 4) is 34.5 Å². The summed E-state index contributed by atoms with van der Waals surface area (Å²) in [6, 6.07) is 52.5. The number of rotatable bonds is 4. The van der Waals surface area contributed by atoms with Crippen molar-refractivity contribution < 1.29 is 0 Å². The first kappa shape index (κ1) is 26.5. The maximum absolute atomic E-state index is 5.31. The van der Waals surface area contributed by atoms with Crippen LogP contribution in [0.15, 0.2) is 158 Å². The summed E-state index contributed by atoms with van der Waals surface area (Å²) < 4.78 is 4.33. The van der Waals surface area contributed by atoms with Gasteiger partial charge in [0.05, 0.1) is 27.8 Å². The molecule has 6 aromatic carbocycles. The molecule has 0 radical (unpaired) electrons. The zero-order valence-electron chi connectivity index (χ0n) is 25.7. The average Bonchev–Trinajstić information content (AvgIpc) is 3.68. The van der Waals surface area contributed by atoms with E-state index in [-0.39, 0.29) is 0 Å². The number of hydrogen-bond donors (Lipinski definition) is 0. The molecule has 48 heavy (non-hydrogen) atoms. The maximum Gasteiger partial charge on any atom is 0.240 e. The van der Waals surface area contributed by atoms with Gasteiger partial charge in [0.25, 0.3) is 0 Å². The van der Waals surface area contributed by atoms with Crippen molar-refractivity contribution in [2.24, 2.45) is 0 Å². The van der Waals surface area contributed by atoms with E-state index in [0.717, 1.165) is 71.2 Å². The smallest absolute Gasteiger partial charge is 0.240 e. The van der Waals surface area contributed by atoms with Crippen LogP contribution in [0.3, 0.4) is 0 Å². The van der Waals surface area contributed by atoms with E-state index < -0.39 is 0 Å². The molecule has 0 saturated carbocycles. The van der Waals surface area contributed by atoms with Crippen LogP contribution >= 0.6 is 0 Å². The van der Waals surface area contributed by atoms with Gasteiger partial charge in [-0.2, -0.15) is 15.0 Å². The Bertz CT molecular complexity index is 2610. The van der Waals surface area contributed by atoms with Gasteiger partial charge in [-0.3, -0.25) is 14.1 Å². The van der Waals surface area contributed by atoms with Crippen molar-refractivity contribution in [1.82, 2.24) is 29.1 Å². The number of benzene rings is 6. The van der Waals surface area contributed by atoms with Gasteiger partial charge in [0.15, 0.2) is 5.82 Å². The van der Waals surface area contributed by atoms with E-state index in [1.165, 1.54) is 0 Å². The summed E-state index contributed by atoms with van der Waals surface area (Å²) >= 11 is 0. The Morgan fingerprint density at radius 1 is 0.396 bits per heavy atom. The molecular weight excluding hydrogens is 589 g/mol. The van der Waals surface area contributed by atoms with E-state index in [4.69, 9.17) is 15.0 Å². The summed E-state index contributed by atoms with van der Waals surface area (Å²) in [5.41, 5.74) is 6.96. The van der Waals surface area contributed by atoms with Gasteiger partial charge in [-0.15, -0.1) is 0 Å². The highest BCUT2D eigenvalue weighted by atomic mass is 15.3. The fourth-order valence-corrected chi connectivity index (χ4v) is 7.13. The zero-order chi connectivity index (χ0) is 31.6. The maximum atomic E-state index is 5.31. The fraction of sp³-hybridized carbons (Fsp3) is 0. The van der Waals surface area contributed by atoms with Crippen molar-refractivity contribution in [3.63, 3.8) is 0 Å². The van der Waals surface area contributed by atoms with E-state index in [2.05, 4.69) is 148 Å². The highest BCUT2D eigenvalue weighted by molar-refractivity contribution is 6.10. The van der Waals surface area contributed by atoms with Crippen LogP contribution < -0.4 is 0 Å².